The Hall–Kier alpha value is -1.33. The van der Waals surface area contributed by atoms with E-state index in [0.29, 0.717) is 18.4 Å². The molecule has 0 radical (unpaired) electrons. The first-order valence-electron chi connectivity index (χ1n) is 5.68. The largest absolute Gasteiger partial charge is 0.481 e. The van der Waals surface area contributed by atoms with Gasteiger partial charge in [-0.3, -0.25) is 0 Å². The minimum Gasteiger partial charge on any atom is -0.481 e. The van der Waals surface area contributed by atoms with Gasteiger partial charge < -0.3 is 14.0 Å². The molecule has 0 amide bonds. The Morgan fingerprint density at radius 3 is 2.72 bits per heavy atom. The van der Waals surface area contributed by atoms with Crippen LogP contribution in [0.4, 0.5) is 0 Å². The molecule has 1 unspecified atom stereocenters. The van der Waals surface area contributed by atoms with Crippen LogP contribution in [0.25, 0.3) is 11.2 Å². The van der Waals surface area contributed by atoms with Crippen molar-refractivity contribution < 1.29 is 9.47 Å². The van der Waals surface area contributed by atoms with Crippen LogP contribution in [0, 0.1) is 0 Å². The zero-order chi connectivity index (χ0) is 13.1. The van der Waals surface area contributed by atoms with Gasteiger partial charge in [0.2, 0.25) is 5.88 Å². The van der Waals surface area contributed by atoms with E-state index in [0.717, 1.165) is 17.0 Å². The monoisotopic (exact) mass is 269 g/mol. The van der Waals surface area contributed by atoms with E-state index in [1.54, 1.807) is 20.3 Å². The van der Waals surface area contributed by atoms with Crippen LogP contribution in [0.1, 0.15) is 18.8 Å². The van der Waals surface area contributed by atoms with Crippen LogP contribution in [0.5, 0.6) is 5.88 Å². The van der Waals surface area contributed by atoms with Gasteiger partial charge in [-0.05, 0) is 13.0 Å². The SMILES string of the molecule is COCC(C)n1c(CCl)nc2ccc(OC)nc21. The fraction of sp³-hybridized carbons (Fsp3) is 0.500. The highest BCUT2D eigenvalue weighted by Gasteiger charge is 2.16. The van der Waals surface area contributed by atoms with Crippen LogP contribution in [0.15, 0.2) is 12.1 Å². The van der Waals surface area contributed by atoms with Gasteiger partial charge >= 0.3 is 0 Å². The number of aromatic nitrogens is 3. The van der Waals surface area contributed by atoms with Crippen molar-refractivity contribution in [2.24, 2.45) is 0 Å². The average Bonchev–Trinajstić information content (AvgIpc) is 2.76. The van der Waals surface area contributed by atoms with Crippen LogP contribution in [0.2, 0.25) is 0 Å². The van der Waals surface area contributed by atoms with Gasteiger partial charge in [-0.25, -0.2) is 4.98 Å². The Bertz CT molecular complexity index is 541. The number of fused-ring (bicyclic) bond motifs is 1. The lowest BCUT2D eigenvalue weighted by atomic mass is 10.3. The maximum atomic E-state index is 5.94. The summed E-state index contributed by atoms with van der Waals surface area (Å²) in [5, 5.41) is 0. The molecular formula is C12H16ClN3O2. The topological polar surface area (TPSA) is 49.2 Å². The fourth-order valence-electron chi connectivity index (χ4n) is 1.99. The summed E-state index contributed by atoms with van der Waals surface area (Å²) in [6.45, 7) is 2.62. The number of alkyl halides is 1. The molecule has 0 saturated heterocycles. The zero-order valence-corrected chi connectivity index (χ0v) is 11.4. The normalized spacial score (nSPS) is 12.9. The van der Waals surface area contributed by atoms with Gasteiger partial charge in [-0.15, -0.1) is 11.6 Å². The maximum Gasteiger partial charge on any atom is 0.215 e. The van der Waals surface area contributed by atoms with E-state index < -0.39 is 0 Å². The molecule has 2 aromatic heterocycles. The highest BCUT2D eigenvalue weighted by Crippen LogP contribution is 2.23. The molecule has 2 aromatic rings. The summed E-state index contributed by atoms with van der Waals surface area (Å²) in [6.07, 6.45) is 0. The van der Waals surface area contributed by atoms with Crippen molar-refractivity contribution in [2.45, 2.75) is 18.8 Å². The van der Waals surface area contributed by atoms with E-state index >= 15 is 0 Å². The van der Waals surface area contributed by atoms with Crippen LogP contribution < -0.4 is 4.74 Å². The van der Waals surface area contributed by atoms with Gasteiger partial charge in [-0.2, -0.15) is 4.98 Å². The molecule has 2 heterocycles. The molecule has 0 fully saturated rings. The highest BCUT2D eigenvalue weighted by atomic mass is 35.5. The predicted molar refractivity (Wildman–Crippen MR) is 70.2 cm³/mol. The van der Waals surface area contributed by atoms with E-state index in [1.807, 2.05) is 17.6 Å². The van der Waals surface area contributed by atoms with Crippen LogP contribution in [-0.4, -0.2) is 35.4 Å². The molecule has 5 nitrogen and oxygen atoms in total. The van der Waals surface area contributed by atoms with Crippen molar-refractivity contribution in [1.29, 1.82) is 0 Å². The standard InChI is InChI=1S/C12H16ClN3O2/c1-8(7-17-2)16-10(6-13)14-9-4-5-11(18-3)15-12(9)16/h4-5,8H,6-7H2,1-3H3. The second-order valence-corrected chi connectivity index (χ2v) is 4.30. The number of hydrogen-bond acceptors (Lipinski definition) is 4. The summed E-state index contributed by atoms with van der Waals surface area (Å²) < 4.78 is 12.3. The lowest BCUT2D eigenvalue weighted by Gasteiger charge is -2.15. The van der Waals surface area contributed by atoms with Crippen LogP contribution in [0.3, 0.4) is 0 Å². The average molecular weight is 270 g/mol. The van der Waals surface area contributed by atoms with Gasteiger partial charge in [0.05, 0.1) is 25.6 Å². The maximum absolute atomic E-state index is 5.94. The molecule has 0 bridgehead atoms. The van der Waals surface area contributed by atoms with Crippen molar-refractivity contribution in [3.05, 3.63) is 18.0 Å². The van der Waals surface area contributed by atoms with E-state index in [9.17, 15) is 0 Å². The molecule has 0 saturated carbocycles. The lowest BCUT2D eigenvalue weighted by Crippen LogP contribution is -2.14. The summed E-state index contributed by atoms with van der Waals surface area (Å²) in [5.41, 5.74) is 1.59. The molecule has 0 aliphatic heterocycles. The minimum atomic E-state index is 0.119. The Labute approximate surface area is 111 Å². The number of nitrogens with zero attached hydrogens (tertiary/aromatic N) is 3. The van der Waals surface area contributed by atoms with Crippen LogP contribution in [-0.2, 0) is 10.6 Å². The number of methoxy groups -OCH3 is 2. The predicted octanol–water partition coefficient (Wildman–Crippen LogP) is 2.39. The fourth-order valence-corrected chi connectivity index (χ4v) is 2.18. The zero-order valence-electron chi connectivity index (χ0n) is 10.7. The second-order valence-electron chi connectivity index (χ2n) is 4.03. The molecule has 6 heteroatoms. The second kappa shape index (κ2) is 5.54. The van der Waals surface area contributed by atoms with Gasteiger partial charge in [-0.1, -0.05) is 0 Å². The summed E-state index contributed by atoms with van der Waals surface area (Å²) in [7, 11) is 3.26. The summed E-state index contributed by atoms with van der Waals surface area (Å²) in [4.78, 5) is 8.90. The van der Waals surface area contributed by atoms with Crippen molar-refractivity contribution in [1.82, 2.24) is 14.5 Å². The van der Waals surface area contributed by atoms with E-state index in [2.05, 4.69) is 9.97 Å². The molecule has 0 spiro atoms. The van der Waals surface area contributed by atoms with Gasteiger partial charge in [0.15, 0.2) is 5.65 Å². The van der Waals surface area contributed by atoms with Crippen molar-refractivity contribution in [2.75, 3.05) is 20.8 Å². The third-order valence-electron chi connectivity index (χ3n) is 2.76. The van der Waals surface area contributed by atoms with E-state index in [1.165, 1.54) is 0 Å². The van der Waals surface area contributed by atoms with Crippen molar-refractivity contribution >= 4 is 22.8 Å². The van der Waals surface area contributed by atoms with Gasteiger partial charge in [0, 0.05) is 13.2 Å². The Morgan fingerprint density at radius 1 is 1.33 bits per heavy atom. The molecule has 0 aromatic carbocycles. The van der Waals surface area contributed by atoms with Gasteiger partial charge in [0.25, 0.3) is 0 Å². The summed E-state index contributed by atoms with van der Waals surface area (Å²) >= 11 is 5.94. The van der Waals surface area contributed by atoms with Crippen molar-refractivity contribution in [3.8, 4) is 5.88 Å². The smallest absolute Gasteiger partial charge is 0.215 e. The molecule has 0 aliphatic rings. The number of pyridine rings is 1. The minimum absolute atomic E-state index is 0.119. The number of hydrogen-bond donors (Lipinski definition) is 0. The number of imidazole rings is 1. The first-order chi connectivity index (χ1) is 8.71. The number of ether oxygens (including phenoxy) is 2. The molecule has 98 valence electrons. The summed E-state index contributed by atoms with van der Waals surface area (Å²) in [5.74, 6) is 1.69. The van der Waals surface area contributed by atoms with E-state index in [-0.39, 0.29) is 6.04 Å². The van der Waals surface area contributed by atoms with E-state index in [4.69, 9.17) is 21.1 Å². The number of rotatable bonds is 5. The van der Waals surface area contributed by atoms with Crippen LogP contribution >= 0.6 is 11.6 Å². The van der Waals surface area contributed by atoms with Gasteiger partial charge in [0.1, 0.15) is 11.3 Å². The quantitative estimate of drug-likeness (QED) is 0.782. The lowest BCUT2D eigenvalue weighted by molar-refractivity contribution is 0.162. The Kier molecular flexibility index (Phi) is 4.04. The molecular weight excluding hydrogens is 254 g/mol. The highest BCUT2D eigenvalue weighted by molar-refractivity contribution is 6.16. The molecule has 1 atom stereocenters. The first-order valence-corrected chi connectivity index (χ1v) is 6.21. The summed E-state index contributed by atoms with van der Waals surface area (Å²) in [6, 6.07) is 3.79. The number of halogens is 1. The molecule has 0 N–H and O–H groups in total. The van der Waals surface area contributed by atoms with Crippen molar-refractivity contribution in [3.63, 3.8) is 0 Å². The third kappa shape index (κ3) is 2.28. The molecule has 2 rings (SSSR count). The first kappa shape index (κ1) is 13.1. The Balaban J connectivity index is 2.58. The molecule has 18 heavy (non-hydrogen) atoms. The third-order valence-corrected chi connectivity index (χ3v) is 3.00. The molecule has 0 aliphatic carbocycles. The Morgan fingerprint density at radius 2 is 2.11 bits per heavy atom.